The van der Waals surface area contributed by atoms with Gasteiger partial charge in [-0.05, 0) is 92.3 Å². The molecule has 6 aliphatic carbocycles. The maximum Gasteiger partial charge on any atom is 0.310 e. The highest BCUT2D eigenvalue weighted by atomic mass is 16.4. The van der Waals surface area contributed by atoms with Gasteiger partial charge in [-0.2, -0.15) is 0 Å². The molecule has 5 N–H and O–H groups in total. The Morgan fingerprint density at radius 3 is 2.36 bits per heavy atom. The van der Waals surface area contributed by atoms with Crippen LogP contribution in [0.5, 0.6) is 0 Å². The number of hydrogen-bond acceptors (Lipinski definition) is 5. The first kappa shape index (κ1) is 25.3. The summed E-state index contributed by atoms with van der Waals surface area (Å²) in [5.41, 5.74) is -3.44. The highest BCUT2D eigenvalue weighted by Gasteiger charge is 2.86. The molecule has 0 spiro atoms. The second kappa shape index (κ2) is 6.97. The fourth-order valence-corrected chi connectivity index (χ4v) is 12.2. The average molecular weight is 503 g/mol. The number of carbonyl (C=O) groups is 1. The molecular formula is C30H46O6. The van der Waals surface area contributed by atoms with E-state index in [2.05, 4.69) is 32.9 Å². The van der Waals surface area contributed by atoms with Crippen LogP contribution in [0.15, 0.2) is 12.2 Å². The summed E-state index contributed by atoms with van der Waals surface area (Å²) in [7, 11) is 0. The van der Waals surface area contributed by atoms with Gasteiger partial charge in [0.2, 0.25) is 0 Å². The smallest absolute Gasteiger partial charge is 0.310 e. The molecule has 6 nitrogen and oxygen atoms in total. The Morgan fingerprint density at radius 1 is 1.03 bits per heavy atom. The molecule has 0 unspecified atom stereocenters. The van der Waals surface area contributed by atoms with Gasteiger partial charge in [0.25, 0.3) is 0 Å². The number of aliphatic carboxylic acids is 1. The second-order valence-electron chi connectivity index (χ2n) is 15.1. The zero-order valence-corrected chi connectivity index (χ0v) is 22.6. The van der Waals surface area contributed by atoms with E-state index in [-0.39, 0.29) is 51.9 Å². The Morgan fingerprint density at radius 2 is 1.72 bits per heavy atom. The number of fused-ring (bicyclic) bond motifs is 4. The van der Waals surface area contributed by atoms with E-state index in [1.54, 1.807) is 0 Å². The molecule has 6 aliphatic rings. The molecule has 0 heterocycles. The predicted molar refractivity (Wildman–Crippen MR) is 135 cm³/mol. The lowest BCUT2D eigenvalue weighted by molar-refractivity contribution is -0.243. The van der Waals surface area contributed by atoms with Crippen molar-refractivity contribution in [2.45, 2.75) is 104 Å². The fraction of sp³-hybridized carbons (Fsp3) is 0.900. The van der Waals surface area contributed by atoms with Gasteiger partial charge in [0, 0.05) is 16.7 Å². The van der Waals surface area contributed by atoms with E-state index in [4.69, 9.17) is 0 Å². The molecule has 202 valence electrons. The molecule has 5 fully saturated rings. The van der Waals surface area contributed by atoms with Gasteiger partial charge in [0.05, 0.1) is 29.8 Å². The fourth-order valence-electron chi connectivity index (χ4n) is 12.2. The molecule has 0 saturated heterocycles. The zero-order valence-electron chi connectivity index (χ0n) is 22.6. The summed E-state index contributed by atoms with van der Waals surface area (Å²) in [5, 5.41) is 54.9. The van der Waals surface area contributed by atoms with E-state index in [0.717, 1.165) is 32.1 Å². The third-order valence-corrected chi connectivity index (χ3v) is 14.1. The number of aliphatic hydroxyl groups is 4. The van der Waals surface area contributed by atoms with Gasteiger partial charge in [-0.25, -0.2) is 0 Å². The van der Waals surface area contributed by atoms with Crippen molar-refractivity contribution in [1.29, 1.82) is 0 Å². The van der Waals surface area contributed by atoms with E-state index in [1.165, 1.54) is 0 Å². The standard InChI is InChI=1S/C30H46O6/c1-17-6-10-28(23(34)35)12-13-30-15-29(30,22(28)27(17,5)36)11-8-20-24(2)14-18(32)21(33)25(3,16-31)19(24)7-9-26(20,30)4/h8,11,17-22,31-33,36H,6-7,9-10,12-16H2,1-5H3,(H,34,35)/t17-,18-,19-,20-,21-,22-,24+,25+,26-,27-,28+,29-,30-/m1/s1. The third-order valence-electron chi connectivity index (χ3n) is 14.1. The van der Waals surface area contributed by atoms with Crippen molar-refractivity contribution in [3.05, 3.63) is 12.2 Å². The van der Waals surface area contributed by atoms with Crippen molar-refractivity contribution in [2.24, 2.45) is 56.2 Å². The number of aliphatic hydroxyl groups excluding tert-OH is 3. The first-order valence-electron chi connectivity index (χ1n) is 14.3. The van der Waals surface area contributed by atoms with Crippen molar-refractivity contribution in [3.8, 4) is 0 Å². The minimum absolute atomic E-state index is 0.0492. The number of rotatable bonds is 2. The predicted octanol–water partition coefficient (Wildman–Crippen LogP) is 3.76. The van der Waals surface area contributed by atoms with E-state index >= 15 is 0 Å². The highest BCUT2D eigenvalue weighted by molar-refractivity contribution is 5.77. The van der Waals surface area contributed by atoms with E-state index in [1.807, 2.05) is 13.8 Å². The Balaban J connectivity index is 1.49. The molecule has 0 aromatic rings. The van der Waals surface area contributed by atoms with Crippen LogP contribution in [0.4, 0.5) is 0 Å². The lowest BCUT2D eigenvalue weighted by atomic mass is 9.35. The van der Waals surface area contributed by atoms with Gasteiger partial charge in [-0.15, -0.1) is 0 Å². The van der Waals surface area contributed by atoms with Crippen LogP contribution in [0.25, 0.3) is 0 Å². The van der Waals surface area contributed by atoms with Crippen molar-refractivity contribution in [2.75, 3.05) is 6.61 Å². The molecule has 0 aromatic carbocycles. The summed E-state index contributed by atoms with van der Waals surface area (Å²) in [6.07, 6.45) is 8.91. The average Bonchev–Trinajstić information content (AvgIpc) is 3.51. The van der Waals surface area contributed by atoms with Crippen molar-refractivity contribution in [3.63, 3.8) is 0 Å². The summed E-state index contributed by atoms with van der Waals surface area (Å²) in [5.74, 6) is -0.760. The van der Waals surface area contributed by atoms with Crippen LogP contribution in [0.1, 0.15) is 86.0 Å². The topological polar surface area (TPSA) is 118 Å². The zero-order chi connectivity index (χ0) is 26.3. The third kappa shape index (κ3) is 2.44. The van der Waals surface area contributed by atoms with Crippen molar-refractivity contribution in [1.82, 2.24) is 0 Å². The lowest BCUT2D eigenvalue weighted by Crippen LogP contribution is -2.68. The first-order valence-corrected chi connectivity index (χ1v) is 14.3. The SMILES string of the molecule is C[C@@H]1CC[C@]2(C(=O)O)CC[C@]34C[C@]3(C=C[C@@H]3[C@@]5(C)C[C@@H](O)[C@@H](O)[C@@](C)(CO)[C@@H]5CC[C@]34C)[C@@H]2[C@]1(C)O. The normalized spacial score (nSPS) is 63.2. The van der Waals surface area contributed by atoms with Gasteiger partial charge in [0.15, 0.2) is 0 Å². The largest absolute Gasteiger partial charge is 0.481 e. The summed E-state index contributed by atoms with van der Waals surface area (Å²) >= 11 is 0. The maximum absolute atomic E-state index is 12.9. The summed E-state index contributed by atoms with van der Waals surface area (Å²) in [6.45, 7) is 10.4. The first-order chi connectivity index (χ1) is 16.6. The van der Waals surface area contributed by atoms with Crippen molar-refractivity contribution >= 4 is 5.97 Å². The molecule has 0 aliphatic heterocycles. The van der Waals surface area contributed by atoms with Crippen LogP contribution in [0, 0.1) is 56.2 Å². The highest BCUT2D eigenvalue weighted by Crippen LogP contribution is 2.90. The lowest BCUT2D eigenvalue weighted by Gasteiger charge is -2.69. The monoisotopic (exact) mass is 502 g/mol. The van der Waals surface area contributed by atoms with Gasteiger partial charge >= 0.3 is 5.97 Å². The van der Waals surface area contributed by atoms with Crippen LogP contribution in [-0.4, -0.2) is 55.9 Å². The molecule has 36 heavy (non-hydrogen) atoms. The molecule has 6 rings (SSSR count). The summed E-state index contributed by atoms with van der Waals surface area (Å²) in [4.78, 5) is 12.9. The summed E-state index contributed by atoms with van der Waals surface area (Å²) in [6, 6.07) is 0. The van der Waals surface area contributed by atoms with Gasteiger partial charge in [-0.3, -0.25) is 4.79 Å². The van der Waals surface area contributed by atoms with Crippen LogP contribution in [0.2, 0.25) is 0 Å². The second-order valence-corrected chi connectivity index (χ2v) is 15.1. The quantitative estimate of drug-likeness (QED) is 0.367. The number of carboxylic acid groups (broad SMARTS) is 1. The van der Waals surface area contributed by atoms with Crippen LogP contribution in [0.3, 0.4) is 0 Å². The molecular weight excluding hydrogens is 456 g/mol. The molecule has 5 saturated carbocycles. The molecule has 0 amide bonds. The number of carboxylic acids is 1. The Bertz CT molecular complexity index is 1020. The van der Waals surface area contributed by atoms with E-state index < -0.39 is 34.6 Å². The molecule has 0 radical (unpaired) electrons. The van der Waals surface area contributed by atoms with Gasteiger partial charge < -0.3 is 25.5 Å². The van der Waals surface area contributed by atoms with Crippen LogP contribution in [-0.2, 0) is 4.79 Å². The molecule has 0 aromatic heterocycles. The Labute approximate surface area is 215 Å². The Hall–Kier alpha value is -0.950. The number of allylic oxidation sites excluding steroid dienone is 2. The molecule has 6 heteroatoms. The number of hydrogen-bond donors (Lipinski definition) is 5. The summed E-state index contributed by atoms with van der Waals surface area (Å²) < 4.78 is 0. The van der Waals surface area contributed by atoms with Gasteiger partial charge in [-0.1, -0.05) is 39.8 Å². The maximum atomic E-state index is 12.9. The minimum atomic E-state index is -1.05. The minimum Gasteiger partial charge on any atom is -0.481 e. The van der Waals surface area contributed by atoms with Crippen molar-refractivity contribution < 1.29 is 30.3 Å². The van der Waals surface area contributed by atoms with Gasteiger partial charge in [0.1, 0.15) is 0 Å². The molecule has 0 bridgehead atoms. The van der Waals surface area contributed by atoms with Crippen LogP contribution >= 0.6 is 0 Å². The Kier molecular flexibility index (Phi) is 4.90. The molecule has 13 atom stereocenters. The van der Waals surface area contributed by atoms with E-state index in [9.17, 15) is 30.3 Å². The van der Waals surface area contributed by atoms with Crippen LogP contribution < -0.4 is 0 Å². The van der Waals surface area contributed by atoms with E-state index in [0.29, 0.717) is 19.3 Å².